The van der Waals surface area contributed by atoms with Crippen molar-refractivity contribution in [2.24, 2.45) is 46.2 Å². The van der Waals surface area contributed by atoms with Crippen molar-refractivity contribution in [3.8, 4) is 0 Å². The third kappa shape index (κ3) is 7.37. The van der Waals surface area contributed by atoms with E-state index in [2.05, 4.69) is 16.0 Å². The van der Waals surface area contributed by atoms with Crippen molar-refractivity contribution >= 4 is 35.5 Å². The Balaban J connectivity index is 1.49. The number of carbonyl (C=O) groups excluding carboxylic acids is 6. The van der Waals surface area contributed by atoms with Gasteiger partial charge in [-0.15, -0.1) is 0 Å². The molecule has 0 radical (unpaired) electrons. The van der Waals surface area contributed by atoms with Gasteiger partial charge in [-0.1, -0.05) is 61.3 Å². The lowest BCUT2D eigenvalue weighted by atomic mass is 9.85. The van der Waals surface area contributed by atoms with Crippen molar-refractivity contribution in [2.75, 3.05) is 6.54 Å². The number of Topliss-reactive ketones (excluding diaryl/α,β-unsaturated/α-hetero) is 1. The Morgan fingerprint density at radius 2 is 1.57 bits per heavy atom. The van der Waals surface area contributed by atoms with E-state index >= 15 is 0 Å². The summed E-state index contributed by atoms with van der Waals surface area (Å²) in [5, 5.41) is 8.25. The molecule has 3 saturated carbocycles. The van der Waals surface area contributed by atoms with Crippen LogP contribution in [0.4, 0.5) is 4.79 Å². The molecule has 12 nitrogen and oxygen atoms in total. The first kappa shape index (κ1) is 33.7. The number of hydrogen-bond acceptors (Lipinski definition) is 7. The molecule has 0 bridgehead atoms. The molecule has 1 aliphatic heterocycles. The van der Waals surface area contributed by atoms with Crippen LogP contribution >= 0.6 is 0 Å². The molecule has 12 heteroatoms. The molecule has 7 atom stereocenters. The van der Waals surface area contributed by atoms with Gasteiger partial charge in [0.2, 0.25) is 17.6 Å². The summed E-state index contributed by atoms with van der Waals surface area (Å²) >= 11 is 0. The van der Waals surface area contributed by atoms with Gasteiger partial charge in [0.05, 0.1) is 6.04 Å². The number of esters is 1. The van der Waals surface area contributed by atoms with Crippen LogP contribution in [0.1, 0.15) is 87.5 Å². The average molecular weight is 618 g/mol. The summed E-state index contributed by atoms with van der Waals surface area (Å²) in [4.78, 5) is 80.0. The van der Waals surface area contributed by atoms with Crippen LogP contribution in [0.2, 0.25) is 0 Å². The van der Waals surface area contributed by atoms with Crippen molar-refractivity contribution in [1.82, 2.24) is 20.9 Å². The number of primary amides is 1. The van der Waals surface area contributed by atoms with E-state index in [1.165, 1.54) is 4.90 Å². The quantitative estimate of drug-likeness (QED) is 0.180. The van der Waals surface area contributed by atoms with Gasteiger partial charge >= 0.3 is 12.0 Å². The second-order valence-corrected chi connectivity index (χ2v) is 15.5. The summed E-state index contributed by atoms with van der Waals surface area (Å²) in [6.45, 7) is 15.3. The second kappa shape index (κ2) is 12.3. The molecule has 1 saturated heterocycles. The zero-order valence-corrected chi connectivity index (χ0v) is 27.4. The fourth-order valence-electron chi connectivity index (χ4n) is 6.71. The lowest BCUT2D eigenvalue weighted by Crippen LogP contribution is -2.62. The number of fused-ring (bicyclic) bond motifs is 1. The summed E-state index contributed by atoms with van der Waals surface area (Å²) in [6, 6.07) is -4.53. The highest BCUT2D eigenvalue weighted by atomic mass is 16.5. The monoisotopic (exact) mass is 617 g/mol. The molecule has 5 amide bonds. The SMILES string of the molecule is CC(OC(=O)[C@@H](NC(=O)N[C@H](C(=O)N1C[C@H]2[C@@H]([C@H]1C(=O)NC(CC1CC1)C(=O)C(N)=O)C2(C)C)C(C)(C)C)C(C)C)C1CC1. The number of rotatable bonds is 13. The van der Waals surface area contributed by atoms with E-state index in [1.54, 1.807) is 13.8 Å². The fraction of sp³-hybridized carbons (Fsp3) is 0.812. The normalized spacial score (nSPS) is 26.5. The highest BCUT2D eigenvalue weighted by molar-refractivity contribution is 6.37. The first-order chi connectivity index (χ1) is 20.3. The molecule has 0 aromatic rings. The Morgan fingerprint density at radius 3 is 2.07 bits per heavy atom. The maximum atomic E-state index is 14.2. The van der Waals surface area contributed by atoms with Gasteiger partial charge in [-0.3, -0.25) is 19.2 Å². The summed E-state index contributed by atoms with van der Waals surface area (Å²) < 4.78 is 5.61. The first-order valence-electron chi connectivity index (χ1n) is 16.1. The van der Waals surface area contributed by atoms with Crippen molar-refractivity contribution in [2.45, 2.75) is 118 Å². The van der Waals surface area contributed by atoms with Gasteiger partial charge in [0.25, 0.3) is 5.91 Å². The van der Waals surface area contributed by atoms with E-state index in [-0.39, 0.29) is 35.2 Å². The Kier molecular flexibility index (Phi) is 9.43. The third-order valence-corrected chi connectivity index (χ3v) is 10.1. The molecule has 5 N–H and O–H groups in total. The molecule has 3 aliphatic carbocycles. The van der Waals surface area contributed by atoms with Crippen LogP contribution in [0, 0.1) is 40.4 Å². The predicted octanol–water partition coefficient (Wildman–Crippen LogP) is 1.89. The molecule has 44 heavy (non-hydrogen) atoms. The molecular formula is C32H51N5O7. The van der Waals surface area contributed by atoms with E-state index < -0.39 is 65.1 Å². The van der Waals surface area contributed by atoms with Crippen LogP contribution in [-0.4, -0.2) is 77.2 Å². The summed E-state index contributed by atoms with van der Waals surface area (Å²) in [5.41, 5.74) is 4.34. The first-order valence-corrected chi connectivity index (χ1v) is 16.1. The number of likely N-dealkylation sites (tertiary alicyclic amines) is 1. The van der Waals surface area contributed by atoms with E-state index in [0.717, 1.165) is 25.7 Å². The standard InChI is InChI=1S/C32H51N5O7/c1-15(2)22(29(42)44-16(3)18-11-12-18)35-30(43)36-25(31(4,5)6)28(41)37-14-19-21(32(19,7)8)23(37)27(40)34-20(13-17-9-10-17)24(38)26(33)39/h15-23,25H,9-14H2,1-8H3,(H2,33,39)(H,34,40)(H2,35,36,43)/t16?,19-,20?,21-,22-,23-,25+/m0/s1. The molecule has 4 rings (SSSR count). The molecule has 246 valence electrons. The molecule has 2 unspecified atom stereocenters. The minimum absolute atomic E-state index is 0.0684. The highest BCUT2D eigenvalue weighted by Gasteiger charge is 2.70. The number of piperidine rings is 1. The van der Waals surface area contributed by atoms with Crippen LogP contribution in [0.25, 0.3) is 0 Å². The lowest BCUT2D eigenvalue weighted by molar-refractivity contribution is -0.152. The van der Waals surface area contributed by atoms with E-state index in [0.29, 0.717) is 18.9 Å². The third-order valence-electron chi connectivity index (χ3n) is 10.1. The summed E-state index contributed by atoms with van der Waals surface area (Å²) in [5.74, 6) is -3.12. The maximum Gasteiger partial charge on any atom is 0.329 e. The zero-order valence-electron chi connectivity index (χ0n) is 27.4. The smallest absolute Gasteiger partial charge is 0.329 e. The number of ketones is 1. The van der Waals surface area contributed by atoms with Gasteiger partial charge in [-0.05, 0) is 66.6 Å². The van der Waals surface area contributed by atoms with Crippen LogP contribution in [-0.2, 0) is 28.7 Å². The van der Waals surface area contributed by atoms with Gasteiger partial charge in [0, 0.05) is 6.54 Å². The van der Waals surface area contributed by atoms with Crippen molar-refractivity contribution in [3.05, 3.63) is 0 Å². The Bertz CT molecular complexity index is 1190. The highest BCUT2D eigenvalue weighted by Crippen LogP contribution is 2.65. The minimum Gasteiger partial charge on any atom is -0.461 e. The largest absolute Gasteiger partial charge is 0.461 e. The second-order valence-electron chi connectivity index (χ2n) is 15.5. The number of nitrogens with one attached hydrogen (secondary N) is 3. The summed E-state index contributed by atoms with van der Waals surface area (Å²) in [6.07, 6.45) is 3.97. The average Bonchev–Trinajstić information content (AvgIpc) is 3.85. The van der Waals surface area contributed by atoms with Crippen molar-refractivity contribution < 1.29 is 33.5 Å². The topological polar surface area (TPSA) is 177 Å². The number of urea groups is 1. The van der Waals surface area contributed by atoms with E-state index in [1.807, 2.05) is 41.5 Å². The Hall–Kier alpha value is -3.18. The van der Waals surface area contributed by atoms with Gasteiger partial charge in [0.1, 0.15) is 24.2 Å². The molecule has 0 aromatic carbocycles. The molecular weight excluding hydrogens is 566 g/mol. The molecule has 0 aromatic heterocycles. The number of hydrogen-bond donors (Lipinski definition) is 4. The Morgan fingerprint density at radius 1 is 0.955 bits per heavy atom. The van der Waals surface area contributed by atoms with E-state index in [9.17, 15) is 28.8 Å². The van der Waals surface area contributed by atoms with Crippen molar-refractivity contribution in [1.29, 1.82) is 0 Å². The number of amides is 5. The molecule has 0 spiro atoms. The lowest BCUT2D eigenvalue weighted by Gasteiger charge is -2.38. The molecule has 1 heterocycles. The van der Waals surface area contributed by atoms with E-state index in [4.69, 9.17) is 10.5 Å². The van der Waals surface area contributed by atoms with Crippen LogP contribution < -0.4 is 21.7 Å². The minimum atomic E-state index is -1.10. The fourth-order valence-corrected chi connectivity index (χ4v) is 6.71. The van der Waals surface area contributed by atoms with Gasteiger partial charge in [0.15, 0.2) is 0 Å². The van der Waals surface area contributed by atoms with Crippen molar-refractivity contribution in [3.63, 3.8) is 0 Å². The number of nitrogens with zero attached hydrogens (tertiary/aromatic N) is 1. The number of nitrogens with two attached hydrogens (primary N) is 1. The predicted molar refractivity (Wildman–Crippen MR) is 162 cm³/mol. The van der Waals surface area contributed by atoms with Gasteiger partial charge in [-0.2, -0.15) is 0 Å². The molecule has 4 aliphatic rings. The van der Waals surface area contributed by atoms with Crippen LogP contribution in [0.15, 0.2) is 0 Å². The molecule has 4 fully saturated rings. The van der Waals surface area contributed by atoms with Crippen LogP contribution in [0.3, 0.4) is 0 Å². The van der Waals surface area contributed by atoms with Crippen LogP contribution in [0.5, 0.6) is 0 Å². The van der Waals surface area contributed by atoms with Gasteiger partial charge in [-0.25, -0.2) is 9.59 Å². The van der Waals surface area contributed by atoms with Gasteiger partial charge < -0.3 is 31.3 Å². The Labute approximate surface area is 260 Å². The number of carbonyl (C=O) groups is 6. The number of ether oxygens (including phenoxy) is 1. The zero-order chi connectivity index (χ0) is 32.9. The maximum absolute atomic E-state index is 14.2. The summed E-state index contributed by atoms with van der Waals surface area (Å²) in [7, 11) is 0.